The van der Waals surface area contributed by atoms with E-state index in [0.29, 0.717) is 31.2 Å². The number of amides is 2. The summed E-state index contributed by atoms with van der Waals surface area (Å²) in [6.07, 6.45) is 0. The normalized spacial score (nSPS) is 15.1. The van der Waals surface area contributed by atoms with Gasteiger partial charge in [0.2, 0.25) is 6.79 Å². The minimum atomic E-state index is -0.126. The lowest BCUT2D eigenvalue weighted by atomic mass is 10.1. The molecular weight excluding hydrogens is 430 g/mol. The van der Waals surface area contributed by atoms with Crippen molar-refractivity contribution in [3.63, 3.8) is 0 Å². The highest BCUT2D eigenvalue weighted by atomic mass is 35.5. The van der Waals surface area contributed by atoms with Crippen molar-refractivity contribution >= 4 is 29.1 Å². The summed E-state index contributed by atoms with van der Waals surface area (Å²) in [5.41, 5.74) is 3.39. The molecule has 0 bridgehead atoms. The number of fused-ring (bicyclic) bond motifs is 1. The summed E-state index contributed by atoms with van der Waals surface area (Å²) < 4.78 is 10.8. The van der Waals surface area contributed by atoms with E-state index >= 15 is 0 Å². The van der Waals surface area contributed by atoms with Crippen LogP contribution in [0.1, 0.15) is 5.56 Å². The standard InChI is InChI=1S/C23H22ClN5O3/c1-15-2-4-17(24)13-19(15)25-23(30)29-10-8-28(9-11-29)22-7-5-18(26-27-22)16-3-6-20-21(12-16)32-14-31-20/h2-7,12-13H,8-11,14H2,1H3,(H,25,30). The molecule has 5 rings (SSSR count). The van der Waals surface area contributed by atoms with Crippen LogP contribution in [0.4, 0.5) is 16.3 Å². The summed E-state index contributed by atoms with van der Waals surface area (Å²) in [7, 11) is 0. The van der Waals surface area contributed by atoms with Crippen molar-refractivity contribution in [3.05, 3.63) is 59.1 Å². The number of carbonyl (C=O) groups excluding carboxylic acids is 1. The van der Waals surface area contributed by atoms with Crippen LogP contribution in [0.15, 0.2) is 48.5 Å². The van der Waals surface area contributed by atoms with E-state index in [1.165, 1.54) is 0 Å². The van der Waals surface area contributed by atoms with Crippen molar-refractivity contribution in [1.29, 1.82) is 0 Å². The summed E-state index contributed by atoms with van der Waals surface area (Å²) in [6, 6.07) is 15.0. The third kappa shape index (κ3) is 4.13. The minimum absolute atomic E-state index is 0.126. The Kier molecular flexibility index (Phi) is 5.45. The van der Waals surface area contributed by atoms with E-state index in [0.717, 1.165) is 39.8 Å². The number of rotatable bonds is 3. The number of benzene rings is 2. The first-order valence-corrected chi connectivity index (χ1v) is 10.8. The van der Waals surface area contributed by atoms with Crippen molar-refractivity contribution in [3.8, 4) is 22.8 Å². The Bertz CT molecular complexity index is 1150. The molecule has 0 saturated carbocycles. The average molecular weight is 452 g/mol. The second-order valence-electron chi connectivity index (χ2n) is 7.71. The number of nitrogens with zero attached hydrogens (tertiary/aromatic N) is 4. The lowest BCUT2D eigenvalue weighted by Gasteiger charge is -2.35. The Labute approximate surface area is 190 Å². The molecule has 164 valence electrons. The van der Waals surface area contributed by atoms with Gasteiger partial charge >= 0.3 is 6.03 Å². The molecule has 1 saturated heterocycles. The largest absolute Gasteiger partial charge is 0.454 e. The molecule has 3 aromatic rings. The van der Waals surface area contributed by atoms with Crippen LogP contribution in [0.5, 0.6) is 11.5 Å². The van der Waals surface area contributed by atoms with Gasteiger partial charge in [-0.3, -0.25) is 0 Å². The Morgan fingerprint density at radius 3 is 2.56 bits per heavy atom. The summed E-state index contributed by atoms with van der Waals surface area (Å²) >= 11 is 6.05. The molecule has 0 spiro atoms. The summed E-state index contributed by atoms with van der Waals surface area (Å²) in [5, 5.41) is 12.3. The highest BCUT2D eigenvalue weighted by Crippen LogP contribution is 2.35. The molecule has 0 aliphatic carbocycles. The van der Waals surface area contributed by atoms with Crippen LogP contribution in [-0.4, -0.2) is 54.1 Å². The number of urea groups is 1. The van der Waals surface area contributed by atoms with Gasteiger partial charge in [0.1, 0.15) is 0 Å². The van der Waals surface area contributed by atoms with Crippen LogP contribution in [0.25, 0.3) is 11.3 Å². The van der Waals surface area contributed by atoms with Gasteiger partial charge in [0.15, 0.2) is 17.3 Å². The summed E-state index contributed by atoms with van der Waals surface area (Å²) in [4.78, 5) is 16.6. The number of nitrogens with one attached hydrogen (secondary N) is 1. The molecule has 9 heteroatoms. The van der Waals surface area contributed by atoms with E-state index in [1.54, 1.807) is 11.0 Å². The molecular formula is C23H22ClN5O3. The first kappa shape index (κ1) is 20.4. The predicted octanol–water partition coefficient (Wildman–Crippen LogP) is 4.19. The van der Waals surface area contributed by atoms with Crippen LogP contribution in [0, 0.1) is 6.92 Å². The molecule has 0 unspecified atom stereocenters. The number of carbonyl (C=O) groups is 1. The fraction of sp³-hybridized carbons (Fsp3) is 0.261. The van der Waals surface area contributed by atoms with Gasteiger partial charge in [-0.15, -0.1) is 10.2 Å². The molecule has 3 heterocycles. The minimum Gasteiger partial charge on any atom is -0.454 e. The molecule has 0 radical (unpaired) electrons. The van der Waals surface area contributed by atoms with E-state index in [1.807, 2.05) is 49.4 Å². The maximum atomic E-state index is 12.7. The first-order chi connectivity index (χ1) is 15.6. The number of piperazine rings is 1. The van der Waals surface area contributed by atoms with Crippen LogP contribution in [0.2, 0.25) is 5.02 Å². The quantitative estimate of drug-likeness (QED) is 0.643. The lowest BCUT2D eigenvalue weighted by Crippen LogP contribution is -2.50. The van der Waals surface area contributed by atoms with Gasteiger partial charge in [0, 0.05) is 42.5 Å². The average Bonchev–Trinajstić information content (AvgIpc) is 3.30. The van der Waals surface area contributed by atoms with Crippen LogP contribution in [-0.2, 0) is 0 Å². The third-order valence-corrected chi connectivity index (χ3v) is 5.89. The lowest BCUT2D eigenvalue weighted by molar-refractivity contribution is 0.174. The molecule has 0 atom stereocenters. The number of halogens is 1. The Hall–Kier alpha value is -3.52. The van der Waals surface area contributed by atoms with Gasteiger partial charge < -0.3 is 24.6 Å². The molecule has 8 nitrogen and oxygen atoms in total. The highest BCUT2D eigenvalue weighted by Gasteiger charge is 2.23. The van der Waals surface area contributed by atoms with E-state index in [9.17, 15) is 4.79 Å². The van der Waals surface area contributed by atoms with Gasteiger partial charge in [-0.25, -0.2) is 4.79 Å². The predicted molar refractivity (Wildman–Crippen MR) is 123 cm³/mol. The van der Waals surface area contributed by atoms with Gasteiger partial charge in [-0.1, -0.05) is 17.7 Å². The van der Waals surface area contributed by atoms with E-state index in [-0.39, 0.29) is 12.8 Å². The van der Waals surface area contributed by atoms with Crippen molar-refractivity contribution in [2.45, 2.75) is 6.92 Å². The number of aromatic nitrogens is 2. The van der Waals surface area contributed by atoms with Crippen molar-refractivity contribution in [1.82, 2.24) is 15.1 Å². The fourth-order valence-electron chi connectivity index (χ4n) is 3.77. The molecule has 2 aliphatic heterocycles. The number of ether oxygens (including phenoxy) is 2. The zero-order valence-corrected chi connectivity index (χ0v) is 18.3. The monoisotopic (exact) mass is 451 g/mol. The van der Waals surface area contributed by atoms with Crippen LogP contribution < -0.4 is 19.7 Å². The topological polar surface area (TPSA) is 79.8 Å². The Balaban J connectivity index is 1.20. The SMILES string of the molecule is Cc1ccc(Cl)cc1NC(=O)N1CCN(c2ccc(-c3ccc4c(c3)OCO4)nn2)CC1. The molecule has 2 aromatic carbocycles. The Morgan fingerprint density at radius 2 is 1.78 bits per heavy atom. The number of aryl methyl sites for hydroxylation is 1. The van der Waals surface area contributed by atoms with Crippen molar-refractivity contribution in [2.75, 3.05) is 43.2 Å². The highest BCUT2D eigenvalue weighted by molar-refractivity contribution is 6.31. The smallest absolute Gasteiger partial charge is 0.321 e. The van der Waals surface area contributed by atoms with E-state index in [2.05, 4.69) is 20.4 Å². The maximum Gasteiger partial charge on any atom is 0.321 e. The number of anilines is 2. The third-order valence-electron chi connectivity index (χ3n) is 5.65. The molecule has 1 N–H and O–H groups in total. The van der Waals surface area contributed by atoms with Gasteiger partial charge in [0.05, 0.1) is 5.69 Å². The van der Waals surface area contributed by atoms with E-state index in [4.69, 9.17) is 21.1 Å². The fourth-order valence-corrected chi connectivity index (χ4v) is 3.94. The summed E-state index contributed by atoms with van der Waals surface area (Å²) in [5.74, 6) is 2.25. The number of hydrogen-bond donors (Lipinski definition) is 1. The van der Waals surface area contributed by atoms with Gasteiger partial charge in [-0.2, -0.15) is 0 Å². The molecule has 2 amide bonds. The summed E-state index contributed by atoms with van der Waals surface area (Å²) in [6.45, 7) is 4.73. The molecule has 1 fully saturated rings. The van der Waals surface area contributed by atoms with E-state index < -0.39 is 0 Å². The number of hydrogen-bond acceptors (Lipinski definition) is 6. The Morgan fingerprint density at radius 1 is 0.969 bits per heavy atom. The van der Waals surface area contributed by atoms with Crippen LogP contribution in [0.3, 0.4) is 0 Å². The molecule has 2 aliphatic rings. The molecule has 32 heavy (non-hydrogen) atoms. The maximum absolute atomic E-state index is 12.7. The molecule has 1 aromatic heterocycles. The van der Waals surface area contributed by atoms with Crippen LogP contribution >= 0.6 is 11.6 Å². The second kappa shape index (κ2) is 8.55. The van der Waals surface area contributed by atoms with Crippen molar-refractivity contribution < 1.29 is 14.3 Å². The van der Waals surface area contributed by atoms with Gasteiger partial charge in [0.25, 0.3) is 0 Å². The zero-order valence-electron chi connectivity index (χ0n) is 17.5. The van der Waals surface area contributed by atoms with Crippen molar-refractivity contribution in [2.24, 2.45) is 0 Å². The first-order valence-electron chi connectivity index (χ1n) is 10.4. The zero-order chi connectivity index (χ0) is 22.1. The van der Waals surface area contributed by atoms with Gasteiger partial charge in [-0.05, 0) is 55.0 Å². The second-order valence-corrected chi connectivity index (χ2v) is 8.14.